The Morgan fingerprint density at radius 2 is 0.985 bits per heavy atom. The molecule has 350 valence electrons. The molecule has 0 saturated heterocycles. The van der Waals surface area contributed by atoms with Crippen LogP contribution in [0, 0.1) is 11.6 Å². The maximum absolute atomic E-state index is 14.2. The molecule has 3 aromatic carbocycles. The van der Waals surface area contributed by atoms with Crippen LogP contribution in [0.15, 0.2) is 116 Å². The van der Waals surface area contributed by atoms with Gasteiger partial charge in [0.05, 0.1) is 46.3 Å². The number of alkyl halides is 12. The van der Waals surface area contributed by atoms with Gasteiger partial charge in [-0.1, -0.05) is 30.3 Å². The van der Waals surface area contributed by atoms with E-state index in [-0.39, 0.29) is 40.5 Å². The summed E-state index contributed by atoms with van der Waals surface area (Å²) in [5, 5.41) is 16.8. The summed E-state index contributed by atoms with van der Waals surface area (Å²) in [7, 11) is 0. The van der Waals surface area contributed by atoms with Gasteiger partial charge < -0.3 is 19.3 Å². The molecule has 0 bridgehead atoms. The molecule has 0 unspecified atom stereocenters. The van der Waals surface area contributed by atoms with E-state index in [1.54, 1.807) is 30.3 Å². The molecule has 4 aromatic heterocycles. The van der Waals surface area contributed by atoms with Crippen LogP contribution in [0.2, 0.25) is 0 Å². The SMILES string of the molecule is O=C(O)c1cc(-c2cc(F)cc(OC(F)(F)F)c2)n(-c2cncc(C(F)(F)F)c2)n1.O=C(OCc1ccccc1)c1cc(-c2cc(F)cc(OC(F)(F)F)c2)n(-c2cncc(C(F)(F)F)c2)n1. The van der Waals surface area contributed by atoms with Crippen LogP contribution in [0.1, 0.15) is 37.7 Å². The number of aromatic nitrogens is 6. The van der Waals surface area contributed by atoms with Crippen LogP contribution >= 0.6 is 0 Å². The minimum atomic E-state index is -5.14. The van der Waals surface area contributed by atoms with Gasteiger partial charge in [0.25, 0.3) is 0 Å². The van der Waals surface area contributed by atoms with E-state index in [2.05, 4.69) is 29.6 Å². The number of hydrogen-bond acceptors (Lipinski definition) is 9. The van der Waals surface area contributed by atoms with E-state index in [0.29, 0.717) is 46.9 Å². The highest BCUT2D eigenvalue weighted by atomic mass is 19.4. The maximum atomic E-state index is 14.2. The molecule has 1 N–H and O–H groups in total. The number of benzene rings is 3. The van der Waals surface area contributed by atoms with Crippen molar-refractivity contribution in [2.45, 2.75) is 31.7 Å². The molecule has 0 saturated carbocycles. The summed E-state index contributed by atoms with van der Waals surface area (Å²) in [6.07, 6.45) is -16.9. The van der Waals surface area contributed by atoms with Crippen molar-refractivity contribution in [2.75, 3.05) is 0 Å². The van der Waals surface area contributed by atoms with E-state index in [0.717, 1.165) is 53.5 Å². The zero-order chi connectivity index (χ0) is 49.1. The van der Waals surface area contributed by atoms with Gasteiger partial charge in [-0.2, -0.15) is 36.5 Å². The number of rotatable bonds is 10. The van der Waals surface area contributed by atoms with Gasteiger partial charge in [-0.25, -0.2) is 27.7 Å². The van der Waals surface area contributed by atoms with Crippen LogP contribution in [-0.2, 0) is 23.7 Å². The maximum Gasteiger partial charge on any atom is 0.573 e. The first kappa shape index (κ1) is 48.4. The summed E-state index contributed by atoms with van der Waals surface area (Å²) >= 11 is 0. The van der Waals surface area contributed by atoms with Gasteiger partial charge in [0.1, 0.15) is 29.7 Å². The third-order valence-electron chi connectivity index (χ3n) is 8.45. The summed E-state index contributed by atoms with van der Waals surface area (Å²) in [6, 6.07) is 15.7. The topological polar surface area (TPSA) is 143 Å². The standard InChI is InChI=1S/C24H14F7N3O3.C17H8F7N3O3/c25-17-6-15(7-19(9-17)37-24(29,30)31)21-10-20(22(35)36-13-14-4-2-1-3-5-14)33-34(21)18-8-16(11-32-12-18)23(26,27)28;18-10-1-8(2-12(4-10)30-17(22,23)24)14-5-13(15(28)29)26-27(14)11-3-9(6-25-7-11)16(19,20)21/h1-12H,13H2;1-7H,(H,28,29). The number of nitrogens with zero attached hydrogens (tertiary/aromatic N) is 6. The number of carbonyl (C=O) groups excluding carboxylic acids is 1. The van der Waals surface area contributed by atoms with E-state index in [4.69, 9.17) is 9.84 Å². The average Bonchev–Trinajstić information content (AvgIpc) is 3.88. The van der Waals surface area contributed by atoms with Crippen LogP contribution in [0.4, 0.5) is 61.5 Å². The lowest BCUT2D eigenvalue weighted by molar-refractivity contribution is -0.275. The van der Waals surface area contributed by atoms with E-state index >= 15 is 0 Å². The summed E-state index contributed by atoms with van der Waals surface area (Å²) in [5.41, 5.74) is -4.52. The van der Waals surface area contributed by atoms with E-state index in [1.807, 2.05) is 0 Å². The Labute approximate surface area is 364 Å². The number of hydrogen-bond donors (Lipinski definition) is 1. The second-order valence-corrected chi connectivity index (χ2v) is 13.3. The number of carboxylic acid groups (broad SMARTS) is 1. The molecular weight excluding hydrogens is 938 g/mol. The fourth-order valence-electron chi connectivity index (χ4n) is 5.77. The first-order chi connectivity index (χ1) is 31.2. The Bertz CT molecular complexity index is 2910. The molecule has 0 aliphatic heterocycles. The highest BCUT2D eigenvalue weighted by Crippen LogP contribution is 2.36. The molecule has 0 spiro atoms. The van der Waals surface area contributed by atoms with Gasteiger partial charge in [0.2, 0.25) is 0 Å². The number of carboxylic acids is 1. The van der Waals surface area contributed by atoms with E-state index < -0.39 is 82.7 Å². The van der Waals surface area contributed by atoms with Crippen molar-refractivity contribution in [3.63, 3.8) is 0 Å². The van der Waals surface area contributed by atoms with Crippen LogP contribution < -0.4 is 9.47 Å². The van der Waals surface area contributed by atoms with Gasteiger partial charge >= 0.3 is 37.0 Å². The van der Waals surface area contributed by atoms with Crippen molar-refractivity contribution >= 4 is 11.9 Å². The van der Waals surface area contributed by atoms with Crippen LogP contribution in [0.5, 0.6) is 11.5 Å². The minimum Gasteiger partial charge on any atom is -0.476 e. The van der Waals surface area contributed by atoms with Gasteiger partial charge in [-0.3, -0.25) is 9.97 Å². The molecule has 0 amide bonds. The molecule has 12 nitrogen and oxygen atoms in total. The van der Waals surface area contributed by atoms with Crippen molar-refractivity contribution in [1.29, 1.82) is 0 Å². The Morgan fingerprint density at radius 3 is 1.40 bits per heavy atom. The fraction of sp³-hybridized carbons (Fsp3) is 0.122. The van der Waals surface area contributed by atoms with E-state index in [1.165, 1.54) is 0 Å². The van der Waals surface area contributed by atoms with Gasteiger partial charge in [-0.15, -0.1) is 26.3 Å². The van der Waals surface area contributed by atoms with Gasteiger partial charge in [-0.05, 0) is 54.1 Å². The second-order valence-electron chi connectivity index (χ2n) is 13.3. The normalized spacial score (nSPS) is 12.0. The van der Waals surface area contributed by atoms with Crippen molar-refractivity contribution in [3.05, 3.63) is 155 Å². The zero-order valence-electron chi connectivity index (χ0n) is 32.6. The summed E-state index contributed by atoms with van der Waals surface area (Å²) in [4.78, 5) is 30.9. The third-order valence-corrected chi connectivity index (χ3v) is 8.45. The molecular formula is C41H22F14N6O6. The second kappa shape index (κ2) is 18.8. The van der Waals surface area contributed by atoms with Crippen LogP contribution in [0.3, 0.4) is 0 Å². The molecule has 0 atom stereocenters. The fourth-order valence-corrected chi connectivity index (χ4v) is 5.77. The Kier molecular flexibility index (Phi) is 13.6. The van der Waals surface area contributed by atoms with E-state index in [9.17, 15) is 71.1 Å². The molecule has 7 rings (SSSR count). The van der Waals surface area contributed by atoms with Crippen molar-refractivity contribution in [1.82, 2.24) is 29.5 Å². The number of aromatic carboxylic acids is 1. The van der Waals surface area contributed by atoms with Crippen LogP contribution in [-0.4, -0.2) is 59.3 Å². The molecule has 7 aromatic rings. The van der Waals surface area contributed by atoms with Gasteiger partial charge in [0.15, 0.2) is 11.4 Å². The highest BCUT2D eigenvalue weighted by molar-refractivity contribution is 5.89. The summed E-state index contributed by atoms with van der Waals surface area (Å²) in [5.74, 6) is -6.74. The molecule has 67 heavy (non-hydrogen) atoms. The lowest BCUT2D eigenvalue weighted by Crippen LogP contribution is -2.17. The number of esters is 1. The monoisotopic (exact) mass is 960 g/mol. The molecule has 0 aliphatic carbocycles. The smallest absolute Gasteiger partial charge is 0.476 e. The largest absolute Gasteiger partial charge is 0.573 e. The molecule has 4 heterocycles. The van der Waals surface area contributed by atoms with Crippen molar-refractivity contribution < 1.29 is 90.4 Å². The highest BCUT2D eigenvalue weighted by Gasteiger charge is 2.35. The quantitative estimate of drug-likeness (QED) is 0.104. The first-order valence-electron chi connectivity index (χ1n) is 18.1. The Hall–Kier alpha value is -8.06. The predicted octanol–water partition coefficient (Wildman–Crippen LogP) is 11.0. The molecule has 0 radical (unpaired) electrons. The summed E-state index contributed by atoms with van der Waals surface area (Å²) < 4.78 is 196. The minimum absolute atomic E-state index is 0.156. The number of halogens is 14. The van der Waals surface area contributed by atoms with Gasteiger partial charge in [0, 0.05) is 35.7 Å². The molecule has 0 aliphatic rings. The van der Waals surface area contributed by atoms with Crippen molar-refractivity contribution in [2.24, 2.45) is 0 Å². The Morgan fingerprint density at radius 1 is 0.552 bits per heavy atom. The summed E-state index contributed by atoms with van der Waals surface area (Å²) in [6.45, 7) is -0.156. The lowest BCUT2D eigenvalue weighted by Gasteiger charge is -2.13. The number of pyridine rings is 2. The average molecular weight is 961 g/mol. The lowest BCUT2D eigenvalue weighted by atomic mass is 10.1. The van der Waals surface area contributed by atoms with Crippen molar-refractivity contribution in [3.8, 4) is 45.4 Å². The first-order valence-corrected chi connectivity index (χ1v) is 18.1. The number of carbonyl (C=O) groups is 2. The predicted molar refractivity (Wildman–Crippen MR) is 199 cm³/mol. The third kappa shape index (κ3) is 12.8. The Balaban J connectivity index is 0.000000226. The zero-order valence-corrected chi connectivity index (χ0v) is 32.6. The van der Waals surface area contributed by atoms with Crippen LogP contribution in [0.25, 0.3) is 33.9 Å². The number of ether oxygens (including phenoxy) is 3. The molecule has 26 heteroatoms. The molecule has 0 fully saturated rings.